The van der Waals surface area contributed by atoms with Crippen LogP contribution in [0, 0.1) is 17.3 Å². The Hall–Kier alpha value is -1.14. The molecule has 0 amide bonds. The fourth-order valence-electron chi connectivity index (χ4n) is 5.19. The largest absolute Gasteiger partial charge is 0.550 e. The molecule has 0 aromatic heterocycles. The van der Waals surface area contributed by atoms with E-state index < -0.39 is 23.8 Å². The molecule has 2 heterocycles. The number of hydrogen-bond acceptors (Lipinski definition) is 6. The lowest BCUT2D eigenvalue weighted by atomic mass is 9.66. The first-order valence-corrected chi connectivity index (χ1v) is 9.17. The Kier molecular flexibility index (Phi) is 4.07. The van der Waals surface area contributed by atoms with Crippen LogP contribution in [-0.2, 0) is 19.1 Å². The monoisotopic (exact) mass is 336 g/mol. The van der Waals surface area contributed by atoms with Crippen LogP contribution in [0.5, 0.6) is 0 Å². The maximum absolute atomic E-state index is 12.0. The minimum Gasteiger partial charge on any atom is -0.550 e. The molecule has 4 aliphatic rings. The second-order valence-corrected chi connectivity index (χ2v) is 8.31. The van der Waals surface area contributed by atoms with E-state index >= 15 is 0 Å². The molecule has 0 aromatic rings. The van der Waals surface area contributed by atoms with Gasteiger partial charge in [-0.2, -0.15) is 0 Å². The fourth-order valence-corrected chi connectivity index (χ4v) is 5.19. The van der Waals surface area contributed by atoms with Crippen LogP contribution in [0.2, 0.25) is 0 Å². The van der Waals surface area contributed by atoms with Crippen LogP contribution in [0.25, 0.3) is 0 Å². The third-order valence-corrected chi connectivity index (χ3v) is 6.50. The summed E-state index contributed by atoms with van der Waals surface area (Å²) in [5, 5.41) is 23.3. The van der Waals surface area contributed by atoms with Crippen LogP contribution < -0.4 is 10.2 Å². The van der Waals surface area contributed by atoms with Gasteiger partial charge in [0.1, 0.15) is 0 Å². The lowest BCUT2D eigenvalue weighted by Gasteiger charge is -2.41. The zero-order chi connectivity index (χ0) is 16.9. The minimum absolute atomic E-state index is 0.194. The molecule has 2 saturated carbocycles. The van der Waals surface area contributed by atoms with Crippen molar-refractivity contribution >= 4 is 11.9 Å². The number of ether oxygens (including phenoxy) is 2. The van der Waals surface area contributed by atoms with Crippen molar-refractivity contribution in [2.75, 3.05) is 0 Å². The summed E-state index contributed by atoms with van der Waals surface area (Å²) in [6.07, 6.45) is 6.86. The van der Waals surface area contributed by atoms with Crippen molar-refractivity contribution in [3.63, 3.8) is 0 Å². The Morgan fingerprint density at radius 3 is 1.71 bits per heavy atom. The number of carbonyl (C=O) groups is 2. The average Bonchev–Trinajstić information content (AvgIpc) is 3.39. The summed E-state index contributed by atoms with van der Waals surface area (Å²) in [6.45, 7) is 0. The van der Waals surface area contributed by atoms with Gasteiger partial charge in [-0.3, -0.25) is 0 Å². The predicted molar refractivity (Wildman–Crippen MR) is 78.3 cm³/mol. The van der Waals surface area contributed by atoms with E-state index in [1.54, 1.807) is 0 Å². The lowest BCUT2D eigenvalue weighted by Crippen LogP contribution is -2.48. The van der Waals surface area contributed by atoms with Gasteiger partial charge in [0.25, 0.3) is 0 Å². The minimum atomic E-state index is -1.32. The van der Waals surface area contributed by atoms with E-state index in [4.69, 9.17) is 9.47 Å². The summed E-state index contributed by atoms with van der Waals surface area (Å²) in [5.41, 5.74) is -1.32. The molecule has 6 nitrogen and oxygen atoms in total. The normalized spacial score (nSPS) is 42.3. The number of carbonyl (C=O) groups excluding carboxylic acids is 2. The van der Waals surface area contributed by atoms with Gasteiger partial charge in [-0.15, -0.1) is 0 Å². The van der Waals surface area contributed by atoms with Crippen molar-refractivity contribution in [3.8, 4) is 0 Å². The third kappa shape index (κ3) is 3.31. The van der Waals surface area contributed by atoms with Crippen molar-refractivity contribution in [1.82, 2.24) is 0 Å². The van der Waals surface area contributed by atoms with E-state index in [2.05, 4.69) is 0 Å². The highest BCUT2D eigenvalue weighted by Crippen LogP contribution is 2.49. The molecule has 4 fully saturated rings. The molecule has 134 valence electrons. The number of epoxide rings is 2. The molecule has 0 N–H and O–H groups in total. The lowest BCUT2D eigenvalue weighted by molar-refractivity contribution is -0.330. The van der Waals surface area contributed by atoms with E-state index in [1.165, 1.54) is 0 Å². The van der Waals surface area contributed by atoms with E-state index in [9.17, 15) is 19.8 Å². The molecule has 2 aliphatic heterocycles. The van der Waals surface area contributed by atoms with Gasteiger partial charge in [0, 0.05) is 17.4 Å². The molecule has 6 heteroatoms. The average molecular weight is 336 g/mol. The molecule has 0 aromatic carbocycles. The summed E-state index contributed by atoms with van der Waals surface area (Å²) >= 11 is 0. The number of hydrogen-bond donors (Lipinski definition) is 0. The third-order valence-electron chi connectivity index (χ3n) is 6.50. The van der Waals surface area contributed by atoms with Gasteiger partial charge < -0.3 is 29.3 Å². The first-order valence-electron chi connectivity index (χ1n) is 9.17. The SMILES string of the molecule is O=C([O-])CC(CC1CCC2OC2C1)(CC1CCC2OC2C1)C(=O)[O-]. The second-order valence-electron chi connectivity index (χ2n) is 8.31. The van der Waals surface area contributed by atoms with Gasteiger partial charge in [0.2, 0.25) is 0 Å². The summed E-state index contributed by atoms with van der Waals surface area (Å²) in [6, 6.07) is 0. The molecule has 6 atom stereocenters. The van der Waals surface area contributed by atoms with Gasteiger partial charge in [0.15, 0.2) is 0 Å². The van der Waals surface area contributed by atoms with E-state index in [1.807, 2.05) is 0 Å². The molecule has 0 spiro atoms. The van der Waals surface area contributed by atoms with Crippen LogP contribution in [0.4, 0.5) is 0 Å². The molecule has 24 heavy (non-hydrogen) atoms. The highest BCUT2D eigenvalue weighted by Gasteiger charge is 2.49. The van der Waals surface area contributed by atoms with Crippen molar-refractivity contribution in [2.45, 2.75) is 82.2 Å². The number of rotatable bonds is 7. The van der Waals surface area contributed by atoms with Crippen LogP contribution in [0.1, 0.15) is 57.8 Å². The summed E-state index contributed by atoms with van der Waals surface area (Å²) in [5.74, 6) is -2.14. The highest BCUT2D eigenvalue weighted by molar-refractivity contribution is 5.79. The number of aliphatic carboxylic acids is 2. The Morgan fingerprint density at radius 2 is 1.33 bits per heavy atom. The Labute approximate surface area is 141 Å². The highest BCUT2D eigenvalue weighted by atomic mass is 16.6. The number of carboxylic acid groups (broad SMARTS) is 2. The Morgan fingerprint density at radius 1 is 0.833 bits per heavy atom. The topological polar surface area (TPSA) is 105 Å². The van der Waals surface area contributed by atoms with Gasteiger partial charge >= 0.3 is 0 Å². The van der Waals surface area contributed by atoms with Gasteiger partial charge in [0.05, 0.1) is 24.4 Å². The Balaban J connectivity index is 1.47. The maximum atomic E-state index is 12.0. The molecule has 6 unspecified atom stereocenters. The van der Waals surface area contributed by atoms with Crippen molar-refractivity contribution < 1.29 is 29.3 Å². The maximum Gasteiger partial charge on any atom is 0.0844 e. The van der Waals surface area contributed by atoms with E-state index in [0.29, 0.717) is 25.0 Å². The van der Waals surface area contributed by atoms with Gasteiger partial charge in [-0.1, -0.05) is 0 Å². The molecular formula is C18H24O6-2. The Bertz CT molecular complexity index is 502. The molecule has 2 saturated heterocycles. The number of carboxylic acids is 2. The summed E-state index contributed by atoms with van der Waals surface area (Å²) in [7, 11) is 0. The molecule has 4 rings (SSSR count). The fraction of sp³-hybridized carbons (Fsp3) is 0.889. The predicted octanol–water partition coefficient (Wildman–Crippen LogP) is -0.222. The quantitative estimate of drug-likeness (QED) is 0.595. The van der Waals surface area contributed by atoms with Crippen molar-refractivity contribution in [1.29, 1.82) is 0 Å². The van der Waals surface area contributed by atoms with Crippen LogP contribution in [0.3, 0.4) is 0 Å². The molecular weight excluding hydrogens is 312 g/mol. The smallest absolute Gasteiger partial charge is 0.0844 e. The van der Waals surface area contributed by atoms with E-state index in [-0.39, 0.29) is 24.0 Å². The zero-order valence-corrected chi connectivity index (χ0v) is 13.8. The standard InChI is InChI=1S/C18H26O6/c19-16(20)9-18(17(21)22,7-10-1-3-12-14(5-10)23-12)8-11-2-4-13-15(6-11)24-13/h10-15H,1-9H2,(H,19,20)(H,21,22)/p-2. The zero-order valence-electron chi connectivity index (χ0n) is 13.8. The van der Waals surface area contributed by atoms with E-state index in [0.717, 1.165) is 38.5 Å². The summed E-state index contributed by atoms with van der Waals surface area (Å²) in [4.78, 5) is 23.3. The second kappa shape index (κ2) is 5.99. The molecule has 0 radical (unpaired) electrons. The molecule has 2 aliphatic carbocycles. The van der Waals surface area contributed by atoms with Crippen molar-refractivity contribution in [2.24, 2.45) is 17.3 Å². The van der Waals surface area contributed by atoms with Crippen LogP contribution >= 0.6 is 0 Å². The van der Waals surface area contributed by atoms with Gasteiger partial charge in [-0.25, -0.2) is 0 Å². The van der Waals surface area contributed by atoms with Crippen LogP contribution in [-0.4, -0.2) is 36.4 Å². The number of fused-ring (bicyclic) bond motifs is 2. The van der Waals surface area contributed by atoms with Crippen LogP contribution in [0.15, 0.2) is 0 Å². The van der Waals surface area contributed by atoms with Gasteiger partial charge in [-0.05, 0) is 69.6 Å². The molecule has 0 bridgehead atoms. The summed E-state index contributed by atoms with van der Waals surface area (Å²) < 4.78 is 11.1. The first kappa shape index (κ1) is 16.3. The first-order chi connectivity index (χ1) is 11.4. The van der Waals surface area contributed by atoms with Crippen molar-refractivity contribution in [3.05, 3.63) is 0 Å².